The Balaban J connectivity index is 1.59. The molecule has 4 heteroatoms. The molecule has 0 unspecified atom stereocenters. The third-order valence-electron chi connectivity index (χ3n) is 4.11. The molecule has 19 heavy (non-hydrogen) atoms. The molecule has 0 aliphatic heterocycles. The first-order valence-electron chi connectivity index (χ1n) is 7.38. The second-order valence-electron chi connectivity index (χ2n) is 6.20. The zero-order chi connectivity index (χ0) is 13.2. The van der Waals surface area contributed by atoms with Gasteiger partial charge in [0.2, 0.25) is 0 Å². The van der Waals surface area contributed by atoms with Crippen LogP contribution < -0.4 is 5.46 Å². The van der Waals surface area contributed by atoms with Gasteiger partial charge in [-0.25, -0.2) is 0 Å². The lowest BCUT2D eigenvalue weighted by Crippen LogP contribution is -2.30. The van der Waals surface area contributed by atoms with Gasteiger partial charge in [-0.2, -0.15) is 0 Å². The SMILES string of the molecule is OB(O)c1ccc(CN(CC2CC2)CC2CC2)cc1. The zero-order valence-electron chi connectivity index (χ0n) is 11.3. The molecule has 3 nitrogen and oxygen atoms in total. The highest BCUT2D eigenvalue weighted by atomic mass is 16.4. The van der Waals surface area contributed by atoms with E-state index < -0.39 is 7.12 Å². The van der Waals surface area contributed by atoms with Crippen molar-refractivity contribution in [2.75, 3.05) is 13.1 Å². The fourth-order valence-electron chi connectivity index (χ4n) is 2.59. The van der Waals surface area contributed by atoms with Crippen molar-refractivity contribution in [3.63, 3.8) is 0 Å². The van der Waals surface area contributed by atoms with Gasteiger partial charge in [0.05, 0.1) is 0 Å². The largest absolute Gasteiger partial charge is 0.488 e. The molecule has 2 aliphatic rings. The number of nitrogens with zero attached hydrogens (tertiary/aromatic N) is 1. The summed E-state index contributed by atoms with van der Waals surface area (Å²) >= 11 is 0. The molecule has 0 saturated heterocycles. The maximum Gasteiger partial charge on any atom is 0.488 e. The van der Waals surface area contributed by atoms with Crippen LogP contribution in [0, 0.1) is 11.8 Å². The van der Waals surface area contributed by atoms with E-state index in [9.17, 15) is 0 Å². The van der Waals surface area contributed by atoms with Crippen molar-refractivity contribution in [3.05, 3.63) is 29.8 Å². The molecule has 102 valence electrons. The smallest absolute Gasteiger partial charge is 0.423 e. The van der Waals surface area contributed by atoms with Gasteiger partial charge in [0.1, 0.15) is 0 Å². The quantitative estimate of drug-likeness (QED) is 0.718. The second kappa shape index (κ2) is 5.65. The average molecular weight is 259 g/mol. The third-order valence-corrected chi connectivity index (χ3v) is 4.11. The Bertz CT molecular complexity index is 399. The molecule has 0 bridgehead atoms. The van der Waals surface area contributed by atoms with Crippen LogP contribution in [0.15, 0.2) is 24.3 Å². The van der Waals surface area contributed by atoms with Crippen LogP contribution >= 0.6 is 0 Å². The molecule has 1 aromatic carbocycles. The Hall–Kier alpha value is -0.835. The zero-order valence-corrected chi connectivity index (χ0v) is 11.3. The first-order chi connectivity index (χ1) is 9.20. The standard InChI is InChI=1S/C15H22BNO2/c18-16(19)15-7-5-14(6-8-15)11-17(9-12-1-2-12)10-13-3-4-13/h5-8,12-13,18-19H,1-4,9-11H2. The number of hydrogen-bond donors (Lipinski definition) is 2. The predicted molar refractivity (Wildman–Crippen MR) is 77.0 cm³/mol. The van der Waals surface area contributed by atoms with Gasteiger partial charge in [-0.3, -0.25) is 4.90 Å². The van der Waals surface area contributed by atoms with Gasteiger partial charge < -0.3 is 10.0 Å². The minimum atomic E-state index is -1.36. The topological polar surface area (TPSA) is 43.7 Å². The van der Waals surface area contributed by atoms with E-state index >= 15 is 0 Å². The molecule has 1 aromatic rings. The Morgan fingerprint density at radius 1 is 0.947 bits per heavy atom. The van der Waals surface area contributed by atoms with Crippen LogP contribution in [0.2, 0.25) is 0 Å². The molecule has 2 fully saturated rings. The molecule has 0 spiro atoms. The number of rotatable bonds is 7. The van der Waals surface area contributed by atoms with Crippen molar-refractivity contribution in [1.29, 1.82) is 0 Å². The van der Waals surface area contributed by atoms with E-state index in [1.54, 1.807) is 0 Å². The van der Waals surface area contributed by atoms with Gasteiger partial charge in [0.15, 0.2) is 0 Å². The summed E-state index contributed by atoms with van der Waals surface area (Å²) in [6.07, 6.45) is 5.60. The lowest BCUT2D eigenvalue weighted by Gasteiger charge is -2.22. The summed E-state index contributed by atoms with van der Waals surface area (Å²) in [5.41, 5.74) is 1.84. The van der Waals surface area contributed by atoms with Gasteiger partial charge in [-0.15, -0.1) is 0 Å². The summed E-state index contributed by atoms with van der Waals surface area (Å²) in [5.74, 6) is 1.86. The maximum atomic E-state index is 9.10. The first-order valence-corrected chi connectivity index (χ1v) is 7.38. The van der Waals surface area contributed by atoms with Crippen LogP contribution in [0.1, 0.15) is 31.2 Å². The van der Waals surface area contributed by atoms with Gasteiger partial charge >= 0.3 is 7.12 Å². The van der Waals surface area contributed by atoms with Crippen molar-refractivity contribution in [2.45, 2.75) is 32.2 Å². The Labute approximate surface area is 115 Å². The molecule has 0 aromatic heterocycles. The van der Waals surface area contributed by atoms with E-state index in [1.165, 1.54) is 44.3 Å². The minimum absolute atomic E-state index is 0.569. The van der Waals surface area contributed by atoms with Gasteiger partial charge in [-0.1, -0.05) is 24.3 Å². The van der Waals surface area contributed by atoms with Crippen LogP contribution in [-0.2, 0) is 6.54 Å². The first kappa shape index (κ1) is 13.2. The summed E-state index contributed by atoms with van der Waals surface area (Å²) in [5, 5.41) is 18.2. The van der Waals surface area contributed by atoms with Crippen molar-refractivity contribution in [2.24, 2.45) is 11.8 Å². The molecule has 0 amide bonds. The molecule has 0 atom stereocenters. The molecule has 2 N–H and O–H groups in total. The summed E-state index contributed by atoms with van der Waals surface area (Å²) < 4.78 is 0. The van der Waals surface area contributed by atoms with Gasteiger partial charge in [0.25, 0.3) is 0 Å². The van der Waals surface area contributed by atoms with Crippen molar-refractivity contribution >= 4 is 12.6 Å². The fraction of sp³-hybridized carbons (Fsp3) is 0.600. The molecule has 0 radical (unpaired) electrons. The van der Waals surface area contributed by atoms with Crippen molar-refractivity contribution in [1.82, 2.24) is 4.90 Å². The highest BCUT2D eigenvalue weighted by Crippen LogP contribution is 2.34. The summed E-state index contributed by atoms with van der Waals surface area (Å²) in [7, 11) is -1.36. The number of benzene rings is 1. The molecule has 0 heterocycles. The van der Waals surface area contributed by atoms with Crippen LogP contribution in [-0.4, -0.2) is 35.2 Å². The average Bonchev–Trinajstić information content (AvgIpc) is 3.26. The Morgan fingerprint density at radius 2 is 1.47 bits per heavy atom. The van der Waals surface area contributed by atoms with E-state index in [0.717, 1.165) is 18.4 Å². The molecular weight excluding hydrogens is 237 g/mol. The van der Waals surface area contributed by atoms with E-state index in [-0.39, 0.29) is 0 Å². The summed E-state index contributed by atoms with van der Waals surface area (Å²) in [4.78, 5) is 2.58. The lowest BCUT2D eigenvalue weighted by atomic mass is 9.80. The van der Waals surface area contributed by atoms with Gasteiger partial charge in [0, 0.05) is 19.6 Å². The number of hydrogen-bond acceptors (Lipinski definition) is 3. The molecular formula is C15H22BNO2. The van der Waals surface area contributed by atoms with Crippen LogP contribution in [0.4, 0.5) is 0 Å². The maximum absolute atomic E-state index is 9.10. The molecule has 2 aliphatic carbocycles. The fourth-order valence-corrected chi connectivity index (χ4v) is 2.59. The van der Waals surface area contributed by atoms with E-state index in [1.807, 2.05) is 24.3 Å². The molecule has 3 rings (SSSR count). The molecule has 2 saturated carbocycles. The monoisotopic (exact) mass is 259 g/mol. The predicted octanol–water partition coefficient (Wildman–Crippen LogP) is 0.988. The van der Waals surface area contributed by atoms with Crippen LogP contribution in [0.3, 0.4) is 0 Å². The van der Waals surface area contributed by atoms with E-state index in [0.29, 0.717) is 5.46 Å². The van der Waals surface area contributed by atoms with Crippen LogP contribution in [0.5, 0.6) is 0 Å². The lowest BCUT2D eigenvalue weighted by molar-refractivity contribution is 0.244. The van der Waals surface area contributed by atoms with Crippen molar-refractivity contribution < 1.29 is 10.0 Å². The minimum Gasteiger partial charge on any atom is -0.423 e. The highest BCUT2D eigenvalue weighted by molar-refractivity contribution is 6.58. The Kier molecular flexibility index (Phi) is 3.92. The normalized spacial score (nSPS) is 18.9. The van der Waals surface area contributed by atoms with E-state index in [4.69, 9.17) is 10.0 Å². The van der Waals surface area contributed by atoms with Crippen molar-refractivity contribution in [3.8, 4) is 0 Å². The Morgan fingerprint density at radius 3 is 1.89 bits per heavy atom. The third kappa shape index (κ3) is 4.06. The second-order valence-corrected chi connectivity index (χ2v) is 6.20. The summed E-state index contributed by atoms with van der Waals surface area (Å²) in [6.45, 7) is 3.47. The van der Waals surface area contributed by atoms with Crippen LogP contribution in [0.25, 0.3) is 0 Å². The summed E-state index contributed by atoms with van der Waals surface area (Å²) in [6, 6.07) is 7.65. The highest BCUT2D eigenvalue weighted by Gasteiger charge is 2.29. The van der Waals surface area contributed by atoms with Gasteiger partial charge in [-0.05, 0) is 48.5 Å². The van der Waals surface area contributed by atoms with E-state index in [2.05, 4.69) is 4.90 Å².